The van der Waals surface area contributed by atoms with Crippen molar-refractivity contribution in [3.05, 3.63) is 35.4 Å². The smallest absolute Gasteiger partial charge is 0.0509 e. The van der Waals surface area contributed by atoms with E-state index in [4.69, 9.17) is 0 Å². The first-order valence-electron chi connectivity index (χ1n) is 7.49. The van der Waals surface area contributed by atoms with E-state index in [0.29, 0.717) is 6.04 Å². The highest BCUT2D eigenvalue weighted by Gasteiger charge is 2.38. The van der Waals surface area contributed by atoms with Gasteiger partial charge in [0.05, 0.1) is 6.04 Å². The van der Waals surface area contributed by atoms with E-state index in [0.717, 1.165) is 19.4 Å². The first-order valence-corrected chi connectivity index (χ1v) is 7.49. The van der Waals surface area contributed by atoms with Gasteiger partial charge in [-0.2, -0.15) is 0 Å². The summed E-state index contributed by atoms with van der Waals surface area (Å²) in [4.78, 5) is 2.40. The molecule has 0 aliphatic heterocycles. The van der Waals surface area contributed by atoms with Crippen molar-refractivity contribution in [1.29, 1.82) is 0 Å². The van der Waals surface area contributed by atoms with Crippen LogP contribution in [0.5, 0.6) is 0 Å². The van der Waals surface area contributed by atoms with Crippen LogP contribution < -0.4 is 5.32 Å². The van der Waals surface area contributed by atoms with E-state index in [1.54, 1.807) is 0 Å². The van der Waals surface area contributed by atoms with Crippen LogP contribution in [-0.4, -0.2) is 31.1 Å². The van der Waals surface area contributed by atoms with Gasteiger partial charge in [0.2, 0.25) is 0 Å². The van der Waals surface area contributed by atoms with E-state index < -0.39 is 0 Å². The number of benzene rings is 1. The topological polar surface area (TPSA) is 15.3 Å². The minimum Gasteiger partial charge on any atom is -0.309 e. The fourth-order valence-electron chi connectivity index (χ4n) is 3.25. The highest BCUT2D eigenvalue weighted by molar-refractivity contribution is 5.31. The summed E-state index contributed by atoms with van der Waals surface area (Å²) in [5, 5.41) is 3.72. The molecule has 1 unspecified atom stereocenters. The number of hydrogen-bond donors (Lipinski definition) is 1. The lowest BCUT2D eigenvalue weighted by Crippen LogP contribution is -2.53. The molecular weight excluding hydrogens is 232 g/mol. The fourth-order valence-corrected chi connectivity index (χ4v) is 3.25. The fraction of sp³-hybridized carbons (Fsp3) is 0.647. The summed E-state index contributed by atoms with van der Waals surface area (Å²) in [7, 11) is 4.41. The van der Waals surface area contributed by atoms with Crippen LogP contribution in [0.1, 0.15) is 50.8 Å². The van der Waals surface area contributed by atoms with Gasteiger partial charge in [0.25, 0.3) is 0 Å². The van der Waals surface area contributed by atoms with E-state index in [1.807, 2.05) is 0 Å². The van der Waals surface area contributed by atoms with Crippen LogP contribution in [0.15, 0.2) is 24.3 Å². The molecule has 0 aliphatic carbocycles. The highest BCUT2D eigenvalue weighted by atomic mass is 15.2. The van der Waals surface area contributed by atoms with Crippen molar-refractivity contribution in [1.82, 2.24) is 10.2 Å². The van der Waals surface area contributed by atoms with Crippen molar-refractivity contribution >= 4 is 0 Å². The molecule has 1 aromatic rings. The Balaban J connectivity index is 3.29. The maximum absolute atomic E-state index is 3.72. The highest BCUT2D eigenvalue weighted by Crippen LogP contribution is 2.37. The summed E-state index contributed by atoms with van der Waals surface area (Å²) in [5.74, 6) is 0. The maximum Gasteiger partial charge on any atom is 0.0509 e. The minimum absolute atomic E-state index is 0.169. The molecule has 0 spiro atoms. The average molecular weight is 262 g/mol. The Morgan fingerprint density at radius 1 is 1.11 bits per heavy atom. The lowest BCUT2D eigenvalue weighted by molar-refractivity contribution is 0.0886. The molecule has 108 valence electrons. The molecule has 0 aromatic heterocycles. The Bertz CT molecular complexity index is 381. The number of likely N-dealkylation sites (N-methyl/N-ethyl adjacent to an activating group) is 2. The minimum atomic E-state index is 0.169. The molecule has 2 nitrogen and oxygen atoms in total. The predicted octanol–water partition coefficient (Wildman–Crippen LogP) is 3.77. The molecule has 2 heteroatoms. The van der Waals surface area contributed by atoms with Crippen molar-refractivity contribution in [3.8, 4) is 0 Å². The summed E-state index contributed by atoms with van der Waals surface area (Å²) in [5.41, 5.74) is 2.98. The van der Waals surface area contributed by atoms with Crippen LogP contribution in [0, 0.1) is 6.92 Å². The normalized spacial score (nSPS) is 13.8. The summed E-state index contributed by atoms with van der Waals surface area (Å²) in [6.07, 6.45) is 2.28. The van der Waals surface area contributed by atoms with E-state index in [1.165, 1.54) is 11.1 Å². The van der Waals surface area contributed by atoms with Gasteiger partial charge in [-0.1, -0.05) is 45.0 Å². The molecule has 0 radical (unpaired) electrons. The molecule has 0 fully saturated rings. The Morgan fingerprint density at radius 2 is 1.68 bits per heavy atom. The molecule has 0 bridgehead atoms. The number of nitrogens with zero attached hydrogens (tertiary/aromatic N) is 1. The zero-order valence-electron chi connectivity index (χ0n) is 13.5. The van der Waals surface area contributed by atoms with E-state index in [-0.39, 0.29) is 5.54 Å². The van der Waals surface area contributed by atoms with Crippen molar-refractivity contribution in [2.75, 3.05) is 20.6 Å². The van der Waals surface area contributed by atoms with Gasteiger partial charge in [0, 0.05) is 5.54 Å². The van der Waals surface area contributed by atoms with E-state index in [2.05, 4.69) is 76.3 Å². The van der Waals surface area contributed by atoms with Crippen molar-refractivity contribution < 1.29 is 0 Å². The summed E-state index contributed by atoms with van der Waals surface area (Å²) in [6.45, 7) is 10.00. The molecule has 1 N–H and O–H groups in total. The SMILES string of the molecule is CCNC(c1ccccc1C)C(CC)(CC)N(C)C. The number of nitrogens with one attached hydrogen (secondary N) is 1. The van der Waals surface area contributed by atoms with Gasteiger partial charge < -0.3 is 10.2 Å². The molecule has 19 heavy (non-hydrogen) atoms. The first-order chi connectivity index (χ1) is 9.03. The van der Waals surface area contributed by atoms with Crippen LogP contribution in [0.3, 0.4) is 0 Å². The molecule has 1 atom stereocenters. The summed E-state index contributed by atoms with van der Waals surface area (Å²) >= 11 is 0. The van der Waals surface area contributed by atoms with Crippen LogP contribution in [0.25, 0.3) is 0 Å². The second-order valence-electron chi connectivity index (χ2n) is 5.55. The lowest BCUT2D eigenvalue weighted by atomic mass is 9.78. The van der Waals surface area contributed by atoms with Crippen LogP contribution in [0.2, 0.25) is 0 Å². The summed E-state index contributed by atoms with van der Waals surface area (Å²) < 4.78 is 0. The van der Waals surface area contributed by atoms with Gasteiger partial charge in [-0.05, 0) is 51.5 Å². The van der Waals surface area contributed by atoms with E-state index in [9.17, 15) is 0 Å². The lowest BCUT2D eigenvalue weighted by Gasteiger charge is -2.46. The van der Waals surface area contributed by atoms with Crippen LogP contribution >= 0.6 is 0 Å². The molecule has 1 aromatic carbocycles. The van der Waals surface area contributed by atoms with Gasteiger partial charge >= 0.3 is 0 Å². The molecule has 0 heterocycles. The molecular formula is C17H30N2. The van der Waals surface area contributed by atoms with Crippen LogP contribution in [0.4, 0.5) is 0 Å². The Morgan fingerprint density at radius 3 is 2.11 bits per heavy atom. The third kappa shape index (κ3) is 3.18. The van der Waals surface area contributed by atoms with Crippen LogP contribution in [-0.2, 0) is 0 Å². The van der Waals surface area contributed by atoms with Crippen molar-refractivity contribution in [2.24, 2.45) is 0 Å². The second-order valence-corrected chi connectivity index (χ2v) is 5.55. The third-order valence-electron chi connectivity index (χ3n) is 4.56. The van der Waals surface area contributed by atoms with Crippen molar-refractivity contribution in [2.45, 2.75) is 52.1 Å². The van der Waals surface area contributed by atoms with Gasteiger partial charge in [-0.15, -0.1) is 0 Å². The standard InChI is InChI=1S/C17H30N2/c1-7-17(8-2,19(5)6)16(18-9-3)15-13-11-10-12-14(15)4/h10-13,16,18H,7-9H2,1-6H3. The second kappa shape index (κ2) is 7.06. The molecule has 0 amide bonds. The number of hydrogen-bond acceptors (Lipinski definition) is 2. The molecule has 0 aliphatic rings. The maximum atomic E-state index is 3.72. The molecule has 0 saturated carbocycles. The molecule has 1 rings (SSSR count). The first kappa shape index (κ1) is 16.2. The van der Waals surface area contributed by atoms with Gasteiger partial charge in [0.1, 0.15) is 0 Å². The number of rotatable bonds is 7. The third-order valence-corrected chi connectivity index (χ3v) is 4.56. The monoisotopic (exact) mass is 262 g/mol. The van der Waals surface area contributed by atoms with Crippen molar-refractivity contribution in [3.63, 3.8) is 0 Å². The average Bonchev–Trinajstić information content (AvgIpc) is 2.40. The van der Waals surface area contributed by atoms with Gasteiger partial charge in [-0.25, -0.2) is 0 Å². The Labute approximate surface area is 119 Å². The predicted molar refractivity (Wildman–Crippen MR) is 84.6 cm³/mol. The number of aryl methyl sites for hydroxylation is 1. The zero-order valence-corrected chi connectivity index (χ0v) is 13.5. The van der Waals surface area contributed by atoms with Gasteiger partial charge in [-0.3, -0.25) is 0 Å². The largest absolute Gasteiger partial charge is 0.309 e. The zero-order chi connectivity index (χ0) is 14.5. The Kier molecular flexibility index (Phi) is 6.02. The summed E-state index contributed by atoms with van der Waals surface area (Å²) in [6, 6.07) is 9.14. The molecule has 0 saturated heterocycles. The quantitative estimate of drug-likeness (QED) is 0.805. The van der Waals surface area contributed by atoms with Gasteiger partial charge in [0.15, 0.2) is 0 Å². The Hall–Kier alpha value is -0.860. The van der Waals surface area contributed by atoms with E-state index >= 15 is 0 Å².